The number of benzene rings is 1. The zero-order chi connectivity index (χ0) is 12.3. The molecule has 0 fully saturated rings. The molecule has 2 aromatic rings. The van der Waals surface area contributed by atoms with E-state index in [2.05, 4.69) is 36.0 Å². The Morgan fingerprint density at radius 1 is 1.18 bits per heavy atom. The molecule has 0 aliphatic heterocycles. The summed E-state index contributed by atoms with van der Waals surface area (Å²) in [6.07, 6.45) is 0. The lowest BCUT2D eigenvalue weighted by Crippen LogP contribution is -2.07. The van der Waals surface area contributed by atoms with Gasteiger partial charge in [-0.15, -0.1) is 0 Å². The standard InChI is InChI=1S/C14H17NO2/c1-10-3-5-12(6-4-10)14-8-7-13(17-14)11(2)9-16-15/h3-8,11H,9,15H2,1-2H3. The molecule has 2 rings (SSSR count). The highest BCUT2D eigenvalue weighted by atomic mass is 16.6. The van der Waals surface area contributed by atoms with Crippen LogP contribution in [0, 0.1) is 6.92 Å². The van der Waals surface area contributed by atoms with Crippen LogP contribution in [0.15, 0.2) is 40.8 Å². The molecule has 1 aromatic carbocycles. The van der Waals surface area contributed by atoms with Crippen molar-refractivity contribution in [1.29, 1.82) is 0 Å². The van der Waals surface area contributed by atoms with Gasteiger partial charge in [0.25, 0.3) is 0 Å². The second-order valence-electron chi connectivity index (χ2n) is 4.30. The molecule has 0 amide bonds. The largest absolute Gasteiger partial charge is 0.461 e. The summed E-state index contributed by atoms with van der Waals surface area (Å²) in [6.45, 7) is 4.55. The van der Waals surface area contributed by atoms with Gasteiger partial charge in [-0.25, -0.2) is 5.90 Å². The molecule has 1 aromatic heterocycles. The predicted octanol–water partition coefficient (Wildman–Crippen LogP) is 3.25. The van der Waals surface area contributed by atoms with Crippen LogP contribution in [0.5, 0.6) is 0 Å². The molecule has 2 N–H and O–H groups in total. The Morgan fingerprint density at radius 3 is 2.53 bits per heavy atom. The van der Waals surface area contributed by atoms with Crippen molar-refractivity contribution < 1.29 is 9.25 Å². The quantitative estimate of drug-likeness (QED) is 0.822. The normalized spacial score (nSPS) is 12.6. The summed E-state index contributed by atoms with van der Waals surface area (Å²) in [5.74, 6) is 7.00. The van der Waals surface area contributed by atoms with Crippen LogP contribution in [-0.4, -0.2) is 6.61 Å². The number of nitrogens with two attached hydrogens (primary N) is 1. The van der Waals surface area contributed by atoms with Crippen molar-refractivity contribution in [3.05, 3.63) is 47.7 Å². The topological polar surface area (TPSA) is 48.4 Å². The molecular weight excluding hydrogens is 214 g/mol. The summed E-state index contributed by atoms with van der Waals surface area (Å²) < 4.78 is 5.79. The molecule has 0 aliphatic carbocycles. The molecule has 17 heavy (non-hydrogen) atoms. The highest BCUT2D eigenvalue weighted by Crippen LogP contribution is 2.26. The second-order valence-corrected chi connectivity index (χ2v) is 4.30. The van der Waals surface area contributed by atoms with Crippen LogP contribution in [-0.2, 0) is 4.84 Å². The number of aryl methyl sites for hydroxylation is 1. The second kappa shape index (κ2) is 5.17. The van der Waals surface area contributed by atoms with Crippen LogP contribution in [0.4, 0.5) is 0 Å². The maximum Gasteiger partial charge on any atom is 0.134 e. The van der Waals surface area contributed by atoms with Gasteiger partial charge in [0.05, 0.1) is 6.61 Å². The van der Waals surface area contributed by atoms with Crippen molar-refractivity contribution in [2.24, 2.45) is 5.90 Å². The summed E-state index contributed by atoms with van der Waals surface area (Å²) in [7, 11) is 0. The third-order valence-corrected chi connectivity index (χ3v) is 2.79. The van der Waals surface area contributed by atoms with Crippen molar-refractivity contribution in [3.63, 3.8) is 0 Å². The smallest absolute Gasteiger partial charge is 0.134 e. The van der Waals surface area contributed by atoms with Gasteiger partial charge in [0, 0.05) is 11.5 Å². The van der Waals surface area contributed by atoms with E-state index in [0.29, 0.717) is 6.61 Å². The van der Waals surface area contributed by atoms with E-state index in [9.17, 15) is 0 Å². The van der Waals surface area contributed by atoms with Crippen LogP contribution in [0.25, 0.3) is 11.3 Å². The Kier molecular flexibility index (Phi) is 3.61. The van der Waals surface area contributed by atoms with Gasteiger partial charge in [0.1, 0.15) is 11.5 Å². The first-order valence-electron chi connectivity index (χ1n) is 5.69. The van der Waals surface area contributed by atoms with E-state index in [0.717, 1.165) is 17.1 Å². The molecule has 0 spiro atoms. The third-order valence-electron chi connectivity index (χ3n) is 2.79. The minimum absolute atomic E-state index is 0.166. The van der Waals surface area contributed by atoms with Crippen molar-refractivity contribution >= 4 is 0 Å². The van der Waals surface area contributed by atoms with Gasteiger partial charge in [-0.1, -0.05) is 36.8 Å². The molecule has 1 heterocycles. The van der Waals surface area contributed by atoms with Crippen LogP contribution < -0.4 is 5.90 Å². The molecule has 3 heteroatoms. The van der Waals surface area contributed by atoms with Gasteiger partial charge in [-0.05, 0) is 19.1 Å². The number of hydrogen-bond acceptors (Lipinski definition) is 3. The predicted molar refractivity (Wildman–Crippen MR) is 67.4 cm³/mol. The van der Waals surface area contributed by atoms with Crippen LogP contribution in [0.2, 0.25) is 0 Å². The zero-order valence-corrected chi connectivity index (χ0v) is 10.1. The lowest BCUT2D eigenvalue weighted by atomic mass is 10.1. The molecule has 3 nitrogen and oxygen atoms in total. The summed E-state index contributed by atoms with van der Waals surface area (Å²) in [5.41, 5.74) is 2.33. The van der Waals surface area contributed by atoms with E-state index >= 15 is 0 Å². The summed E-state index contributed by atoms with van der Waals surface area (Å²) in [5, 5.41) is 0. The average molecular weight is 231 g/mol. The Balaban J connectivity index is 2.20. The fraction of sp³-hybridized carbons (Fsp3) is 0.286. The average Bonchev–Trinajstić information content (AvgIpc) is 2.80. The summed E-state index contributed by atoms with van der Waals surface area (Å²) >= 11 is 0. The molecule has 1 atom stereocenters. The molecule has 0 aliphatic rings. The zero-order valence-electron chi connectivity index (χ0n) is 10.1. The number of rotatable bonds is 4. The van der Waals surface area contributed by atoms with Crippen LogP contribution in [0.1, 0.15) is 24.2 Å². The van der Waals surface area contributed by atoms with E-state index in [1.165, 1.54) is 5.56 Å². The molecular formula is C14H17NO2. The van der Waals surface area contributed by atoms with Gasteiger partial charge < -0.3 is 9.25 Å². The van der Waals surface area contributed by atoms with Gasteiger partial charge in [-0.3, -0.25) is 0 Å². The fourth-order valence-corrected chi connectivity index (χ4v) is 1.72. The maximum atomic E-state index is 5.79. The van der Waals surface area contributed by atoms with Gasteiger partial charge in [-0.2, -0.15) is 0 Å². The Bertz CT molecular complexity index is 473. The van der Waals surface area contributed by atoms with Crippen molar-refractivity contribution in [2.45, 2.75) is 19.8 Å². The fourth-order valence-electron chi connectivity index (χ4n) is 1.72. The summed E-state index contributed by atoms with van der Waals surface area (Å²) in [6, 6.07) is 12.2. The molecule has 1 unspecified atom stereocenters. The van der Waals surface area contributed by atoms with Gasteiger partial charge in [0.2, 0.25) is 0 Å². The lowest BCUT2D eigenvalue weighted by Gasteiger charge is -2.05. The Morgan fingerprint density at radius 2 is 1.88 bits per heavy atom. The highest BCUT2D eigenvalue weighted by molar-refractivity contribution is 5.57. The molecule has 0 bridgehead atoms. The maximum absolute atomic E-state index is 5.79. The first-order valence-corrected chi connectivity index (χ1v) is 5.69. The molecule has 0 saturated heterocycles. The minimum Gasteiger partial charge on any atom is -0.461 e. The van der Waals surface area contributed by atoms with Crippen molar-refractivity contribution in [2.75, 3.05) is 6.61 Å². The summed E-state index contributed by atoms with van der Waals surface area (Å²) in [4.78, 5) is 4.63. The number of hydrogen-bond donors (Lipinski definition) is 1. The molecule has 90 valence electrons. The first kappa shape index (κ1) is 11.9. The number of furan rings is 1. The minimum atomic E-state index is 0.166. The van der Waals surface area contributed by atoms with Crippen LogP contribution >= 0.6 is 0 Å². The Hall–Kier alpha value is -1.58. The van der Waals surface area contributed by atoms with E-state index in [1.54, 1.807) is 0 Å². The highest BCUT2D eigenvalue weighted by Gasteiger charge is 2.11. The first-order chi connectivity index (χ1) is 8.20. The van der Waals surface area contributed by atoms with Gasteiger partial charge >= 0.3 is 0 Å². The lowest BCUT2D eigenvalue weighted by molar-refractivity contribution is 0.121. The monoisotopic (exact) mass is 231 g/mol. The molecule has 0 saturated carbocycles. The Labute approximate surface area is 101 Å². The van der Waals surface area contributed by atoms with E-state index in [-0.39, 0.29) is 5.92 Å². The van der Waals surface area contributed by atoms with E-state index in [4.69, 9.17) is 10.3 Å². The van der Waals surface area contributed by atoms with E-state index < -0.39 is 0 Å². The SMILES string of the molecule is Cc1ccc(-c2ccc(C(C)CON)o2)cc1. The van der Waals surface area contributed by atoms with Crippen molar-refractivity contribution in [1.82, 2.24) is 0 Å². The third kappa shape index (κ3) is 2.75. The van der Waals surface area contributed by atoms with Gasteiger partial charge in [0.15, 0.2) is 0 Å². The van der Waals surface area contributed by atoms with Crippen LogP contribution in [0.3, 0.4) is 0 Å². The van der Waals surface area contributed by atoms with E-state index in [1.807, 2.05) is 19.1 Å². The van der Waals surface area contributed by atoms with Crippen molar-refractivity contribution in [3.8, 4) is 11.3 Å². The molecule has 0 radical (unpaired) electrons.